The van der Waals surface area contributed by atoms with Gasteiger partial charge in [-0.05, 0) is 37.5 Å². The molecule has 0 spiro atoms. The summed E-state index contributed by atoms with van der Waals surface area (Å²) in [6.07, 6.45) is 0.114. The molecule has 7 nitrogen and oxygen atoms in total. The lowest BCUT2D eigenvalue weighted by Gasteiger charge is -2.09. The number of ether oxygens (including phenoxy) is 2. The minimum atomic E-state index is -0.576. The molecule has 0 saturated heterocycles. The topological polar surface area (TPSA) is 97.5 Å². The van der Waals surface area contributed by atoms with E-state index in [9.17, 15) is 14.4 Å². The summed E-state index contributed by atoms with van der Waals surface area (Å²) in [6, 6.07) is 7.80. The molecule has 7 heteroatoms. The second-order valence-corrected chi connectivity index (χ2v) is 7.16. The Hall–Kier alpha value is -2.93. The maximum Gasteiger partial charge on any atom is 0.339 e. The molecule has 1 amide bonds. The summed E-state index contributed by atoms with van der Waals surface area (Å²) in [4.78, 5) is 39.1. The van der Waals surface area contributed by atoms with E-state index in [1.54, 1.807) is 6.92 Å². The number of carbonyl (C=O) groups is 3. The Balaban J connectivity index is 2.01. The van der Waals surface area contributed by atoms with Gasteiger partial charge in [-0.2, -0.15) is 0 Å². The molecule has 29 heavy (non-hydrogen) atoms. The van der Waals surface area contributed by atoms with Gasteiger partial charge in [-0.1, -0.05) is 24.3 Å². The second kappa shape index (κ2) is 10.0. The summed E-state index contributed by atoms with van der Waals surface area (Å²) in [5, 5.41) is 2.83. The van der Waals surface area contributed by atoms with Crippen molar-refractivity contribution in [3.63, 3.8) is 0 Å². The molecule has 0 fully saturated rings. The molecule has 0 atom stereocenters. The van der Waals surface area contributed by atoms with Crippen molar-refractivity contribution in [2.45, 2.75) is 53.4 Å². The van der Waals surface area contributed by atoms with Crippen molar-refractivity contribution in [3.8, 4) is 0 Å². The molecular formula is C22H28N2O5. The number of hydrogen-bond donors (Lipinski definition) is 2. The first-order valence-corrected chi connectivity index (χ1v) is 9.49. The van der Waals surface area contributed by atoms with Crippen LogP contribution in [0.3, 0.4) is 0 Å². The summed E-state index contributed by atoms with van der Waals surface area (Å²) in [5.74, 6) is -1.05. The molecule has 1 aromatic carbocycles. The van der Waals surface area contributed by atoms with Gasteiger partial charge in [-0.15, -0.1) is 0 Å². The number of esters is 1. The van der Waals surface area contributed by atoms with Gasteiger partial charge >= 0.3 is 5.97 Å². The third-order valence-electron chi connectivity index (χ3n) is 4.50. The summed E-state index contributed by atoms with van der Waals surface area (Å²) in [7, 11) is 1.27. The summed E-state index contributed by atoms with van der Waals surface area (Å²) in [6.45, 7) is 7.94. The van der Waals surface area contributed by atoms with Crippen LogP contribution in [0, 0.1) is 6.92 Å². The number of methoxy groups -OCH3 is 1. The van der Waals surface area contributed by atoms with Crippen molar-refractivity contribution < 1.29 is 23.9 Å². The van der Waals surface area contributed by atoms with Gasteiger partial charge in [0.2, 0.25) is 5.91 Å². The number of hydrogen-bond acceptors (Lipinski definition) is 5. The Morgan fingerprint density at radius 3 is 2.28 bits per heavy atom. The van der Waals surface area contributed by atoms with Gasteiger partial charge < -0.3 is 19.8 Å². The number of H-pyrrole nitrogens is 1. The SMILES string of the molecule is COC(=O)c1c(CC(=O)NCc2ccc(COC(C)C)cc2)[nH]c(C(C)=O)c1C. The number of amides is 1. The van der Waals surface area contributed by atoms with Crippen LogP contribution < -0.4 is 5.32 Å². The van der Waals surface area contributed by atoms with E-state index in [0.29, 0.717) is 30.1 Å². The van der Waals surface area contributed by atoms with Crippen LogP contribution in [0.2, 0.25) is 0 Å². The van der Waals surface area contributed by atoms with Crippen molar-refractivity contribution in [2.75, 3.05) is 7.11 Å². The third kappa shape index (κ3) is 6.02. The number of Topliss-reactive ketones (excluding diaryl/α,β-unsaturated/α-hetero) is 1. The van der Waals surface area contributed by atoms with Crippen molar-refractivity contribution >= 4 is 17.7 Å². The van der Waals surface area contributed by atoms with E-state index in [-0.39, 0.29) is 29.8 Å². The largest absolute Gasteiger partial charge is 0.465 e. The van der Waals surface area contributed by atoms with E-state index >= 15 is 0 Å². The van der Waals surface area contributed by atoms with E-state index in [1.807, 2.05) is 38.1 Å². The zero-order chi connectivity index (χ0) is 21.6. The summed E-state index contributed by atoms with van der Waals surface area (Å²) in [5.41, 5.74) is 3.43. The first-order chi connectivity index (χ1) is 13.7. The molecule has 156 valence electrons. The number of rotatable bonds is 9. The molecule has 0 aliphatic carbocycles. The maximum absolute atomic E-state index is 12.4. The minimum Gasteiger partial charge on any atom is -0.465 e. The van der Waals surface area contributed by atoms with Crippen LogP contribution in [0.15, 0.2) is 24.3 Å². The lowest BCUT2D eigenvalue weighted by Crippen LogP contribution is -2.25. The Labute approximate surface area is 170 Å². The van der Waals surface area contributed by atoms with Crippen LogP contribution in [0.1, 0.15) is 64.0 Å². The normalized spacial score (nSPS) is 10.8. The molecule has 0 unspecified atom stereocenters. The average molecular weight is 400 g/mol. The Bertz CT molecular complexity index is 881. The van der Waals surface area contributed by atoms with Gasteiger partial charge in [-0.3, -0.25) is 9.59 Å². The van der Waals surface area contributed by atoms with Crippen LogP contribution in [0.25, 0.3) is 0 Å². The van der Waals surface area contributed by atoms with Crippen LogP contribution in [-0.4, -0.2) is 35.9 Å². The number of nitrogens with one attached hydrogen (secondary N) is 2. The van der Waals surface area contributed by atoms with Gasteiger partial charge in [0, 0.05) is 19.2 Å². The fourth-order valence-electron chi connectivity index (χ4n) is 2.96. The van der Waals surface area contributed by atoms with E-state index in [1.165, 1.54) is 14.0 Å². The van der Waals surface area contributed by atoms with Crippen LogP contribution in [0.4, 0.5) is 0 Å². The van der Waals surface area contributed by atoms with Gasteiger partial charge in [0.15, 0.2) is 5.78 Å². The summed E-state index contributed by atoms with van der Waals surface area (Å²) < 4.78 is 10.4. The quantitative estimate of drug-likeness (QED) is 0.498. The first kappa shape index (κ1) is 22.4. The van der Waals surface area contributed by atoms with Crippen LogP contribution in [-0.2, 0) is 33.8 Å². The van der Waals surface area contributed by atoms with Crippen molar-refractivity contribution in [3.05, 3.63) is 57.9 Å². The average Bonchev–Trinajstić information content (AvgIpc) is 3.01. The Kier molecular flexibility index (Phi) is 7.73. The second-order valence-electron chi connectivity index (χ2n) is 7.16. The number of benzene rings is 1. The highest BCUT2D eigenvalue weighted by molar-refractivity contribution is 6.01. The highest BCUT2D eigenvalue weighted by Crippen LogP contribution is 2.20. The van der Waals surface area contributed by atoms with Gasteiger partial charge in [0.25, 0.3) is 0 Å². The highest BCUT2D eigenvalue weighted by Gasteiger charge is 2.24. The molecule has 2 aromatic rings. The standard InChI is InChI=1S/C22H28N2O5/c1-13(2)29-12-17-8-6-16(7-9-17)11-23-19(26)10-18-20(22(27)28-5)14(3)21(24-18)15(4)25/h6-9,13,24H,10-12H2,1-5H3,(H,23,26). The fourth-order valence-corrected chi connectivity index (χ4v) is 2.96. The van der Waals surface area contributed by atoms with Crippen molar-refractivity contribution in [2.24, 2.45) is 0 Å². The molecule has 0 aliphatic heterocycles. The van der Waals surface area contributed by atoms with Gasteiger partial charge in [0.1, 0.15) is 0 Å². The van der Waals surface area contributed by atoms with E-state index < -0.39 is 5.97 Å². The summed E-state index contributed by atoms with van der Waals surface area (Å²) >= 11 is 0. The van der Waals surface area contributed by atoms with Crippen LogP contribution >= 0.6 is 0 Å². The predicted octanol–water partition coefficient (Wildman–Crippen LogP) is 3.10. The molecule has 2 rings (SSSR count). The predicted molar refractivity (Wildman–Crippen MR) is 109 cm³/mol. The fraction of sp³-hybridized carbons (Fsp3) is 0.409. The molecule has 2 N–H and O–H groups in total. The number of carbonyl (C=O) groups excluding carboxylic acids is 3. The molecule has 0 saturated carbocycles. The number of aromatic nitrogens is 1. The molecule has 0 bridgehead atoms. The van der Waals surface area contributed by atoms with Gasteiger partial charge in [0.05, 0.1) is 37.5 Å². The Morgan fingerprint density at radius 1 is 1.10 bits per heavy atom. The monoisotopic (exact) mass is 400 g/mol. The smallest absolute Gasteiger partial charge is 0.339 e. The number of aromatic amines is 1. The van der Waals surface area contributed by atoms with Crippen molar-refractivity contribution in [1.82, 2.24) is 10.3 Å². The lowest BCUT2D eigenvalue weighted by atomic mass is 10.1. The maximum atomic E-state index is 12.4. The van der Waals surface area contributed by atoms with E-state index in [0.717, 1.165) is 11.1 Å². The molecular weight excluding hydrogens is 372 g/mol. The molecule has 0 aliphatic rings. The highest BCUT2D eigenvalue weighted by atomic mass is 16.5. The number of ketones is 1. The molecule has 1 aromatic heterocycles. The van der Waals surface area contributed by atoms with E-state index in [2.05, 4.69) is 10.3 Å². The van der Waals surface area contributed by atoms with Crippen LogP contribution in [0.5, 0.6) is 0 Å². The zero-order valence-corrected chi connectivity index (χ0v) is 17.5. The third-order valence-corrected chi connectivity index (χ3v) is 4.50. The molecule has 1 heterocycles. The minimum absolute atomic E-state index is 0.0567. The zero-order valence-electron chi connectivity index (χ0n) is 17.5. The van der Waals surface area contributed by atoms with E-state index in [4.69, 9.17) is 9.47 Å². The van der Waals surface area contributed by atoms with Gasteiger partial charge in [-0.25, -0.2) is 4.79 Å². The first-order valence-electron chi connectivity index (χ1n) is 9.49. The van der Waals surface area contributed by atoms with Crippen molar-refractivity contribution in [1.29, 1.82) is 0 Å². The molecule has 0 radical (unpaired) electrons. The Morgan fingerprint density at radius 2 is 1.72 bits per heavy atom. The lowest BCUT2D eigenvalue weighted by molar-refractivity contribution is -0.120.